The molecule has 0 unspecified atom stereocenters. The van der Waals surface area contributed by atoms with Crippen LogP contribution in [0.25, 0.3) is 16.5 Å². The summed E-state index contributed by atoms with van der Waals surface area (Å²) in [6.07, 6.45) is 10.7. The molecule has 5 aliphatic carbocycles. The number of fused-ring (bicyclic) bond motifs is 2. The number of hydrogen-bond acceptors (Lipinski definition) is 0. The van der Waals surface area contributed by atoms with E-state index in [2.05, 4.69) is 77.3 Å². The fourth-order valence-corrected chi connectivity index (χ4v) is 7.04. The summed E-state index contributed by atoms with van der Waals surface area (Å²) in [4.78, 5) is 0. The van der Waals surface area contributed by atoms with Gasteiger partial charge in [0.05, 0.1) is 0 Å². The Kier molecular flexibility index (Phi) is 9.22. The van der Waals surface area contributed by atoms with Gasteiger partial charge in [-0.3, -0.25) is 0 Å². The molecular formula is C29H45NSiTi-4. The van der Waals surface area contributed by atoms with Gasteiger partial charge in [-0.1, -0.05) is 51.2 Å². The molecule has 4 saturated carbocycles. The quantitative estimate of drug-likeness (QED) is 0.264. The van der Waals surface area contributed by atoms with Gasteiger partial charge in [-0.25, -0.2) is 0 Å². The molecule has 0 amide bonds. The number of rotatable bonds is 0. The molecule has 1 nitrogen and oxygen atoms in total. The predicted octanol–water partition coefficient (Wildman–Crippen LogP) is 8.68. The summed E-state index contributed by atoms with van der Waals surface area (Å²) in [6.45, 7) is 11.4. The van der Waals surface area contributed by atoms with Crippen molar-refractivity contribution >= 4 is 17.0 Å². The smallest absolute Gasteiger partial charge is 0.0237 e. The largest absolute Gasteiger partial charge is 0.672 e. The molecule has 5 aliphatic rings. The van der Waals surface area contributed by atoms with Crippen LogP contribution in [0, 0.1) is 44.9 Å². The van der Waals surface area contributed by atoms with Gasteiger partial charge in [0.2, 0.25) is 0 Å². The first-order chi connectivity index (χ1) is 14.0. The predicted molar refractivity (Wildman–Crippen MR) is 141 cm³/mol. The van der Waals surface area contributed by atoms with E-state index in [1.54, 1.807) is 11.1 Å². The fraction of sp³-hybridized carbons (Fsp3) is 0.621. The van der Waals surface area contributed by atoms with Crippen LogP contribution in [0.4, 0.5) is 0 Å². The topological polar surface area (TPSA) is 23.8 Å². The summed E-state index contributed by atoms with van der Waals surface area (Å²) in [7, 11) is 0. The van der Waals surface area contributed by atoms with Crippen molar-refractivity contribution in [1.82, 2.24) is 0 Å². The molecule has 0 heterocycles. The van der Waals surface area contributed by atoms with E-state index in [0.29, 0.717) is 5.41 Å². The van der Waals surface area contributed by atoms with Crippen molar-refractivity contribution < 1.29 is 19.2 Å². The molecule has 0 aromatic heterocycles. The Balaban J connectivity index is 0.000000190. The Hall–Kier alpha value is -0.279. The van der Waals surface area contributed by atoms with Crippen molar-refractivity contribution in [2.24, 2.45) is 23.2 Å². The summed E-state index contributed by atoms with van der Waals surface area (Å²) >= 11 is 2.27. The van der Waals surface area contributed by atoms with E-state index in [4.69, 9.17) is 5.73 Å². The normalized spacial score (nSPS) is 30.1. The molecule has 0 radical (unpaired) electrons. The van der Waals surface area contributed by atoms with Crippen molar-refractivity contribution in [2.45, 2.75) is 90.8 Å². The molecule has 3 heteroatoms. The van der Waals surface area contributed by atoms with Crippen molar-refractivity contribution in [3.63, 3.8) is 0 Å². The van der Waals surface area contributed by atoms with Crippen LogP contribution in [0.3, 0.4) is 0 Å². The summed E-state index contributed by atoms with van der Waals surface area (Å²) in [5, 5.41) is 2.84. The van der Waals surface area contributed by atoms with Crippen molar-refractivity contribution in [3.8, 4) is 0 Å². The third-order valence-electron chi connectivity index (χ3n) is 7.55. The van der Waals surface area contributed by atoms with Crippen LogP contribution in [0.1, 0.15) is 69.1 Å². The zero-order valence-corrected chi connectivity index (χ0v) is 24.3. The first kappa shape index (κ1) is 28.0. The van der Waals surface area contributed by atoms with Gasteiger partial charge in [0.1, 0.15) is 0 Å². The third-order valence-corrected chi connectivity index (χ3v) is 7.55. The molecule has 1 N–H and O–H groups in total. The van der Waals surface area contributed by atoms with E-state index >= 15 is 0 Å². The zero-order chi connectivity index (χ0) is 21.7. The summed E-state index contributed by atoms with van der Waals surface area (Å²) in [5.41, 5.74) is 13.2. The van der Waals surface area contributed by atoms with Crippen LogP contribution in [-0.2, 0) is 32.0 Å². The Morgan fingerprint density at radius 2 is 1.34 bits per heavy atom. The molecular weight excluding hydrogens is 438 g/mol. The van der Waals surface area contributed by atoms with Gasteiger partial charge in [0.25, 0.3) is 0 Å². The minimum atomic E-state index is 0. The molecule has 0 aliphatic heterocycles. The number of aryl methyl sites for hydroxylation is 1. The standard InChI is InChI=1S/C15H17.C10H16N.C2H6Si.2CH3.Ti/c1-10-4-11-6-13-8-15(2,3)9-14(13)7-12(11)5-10;11-10-4-7-1-8(5-10)3-9(2-7)6-10;1-3-2;;;/h4-7H,8-9H2,1-3H3;7-9,11H,1-6H2;1-2H3;2*1H3;/q2*-1;;2*-1;. The van der Waals surface area contributed by atoms with Crippen molar-refractivity contribution in [1.29, 1.82) is 0 Å². The van der Waals surface area contributed by atoms with Crippen LogP contribution < -0.4 is 0 Å². The first-order valence-electron chi connectivity index (χ1n) is 12.0. The van der Waals surface area contributed by atoms with Gasteiger partial charge in [0, 0.05) is 0 Å². The minimum Gasteiger partial charge on any atom is -0.672 e. The van der Waals surface area contributed by atoms with Gasteiger partial charge < -0.3 is 20.6 Å². The summed E-state index contributed by atoms with van der Waals surface area (Å²) in [5.74, 6) is 2.87. The maximum absolute atomic E-state index is 8.21. The zero-order valence-electron chi connectivity index (χ0n) is 21.7. The molecule has 0 spiro atoms. The van der Waals surface area contributed by atoms with Crippen molar-refractivity contribution in [3.05, 3.63) is 61.5 Å². The average molecular weight is 484 g/mol. The van der Waals surface area contributed by atoms with Crippen molar-refractivity contribution in [2.75, 3.05) is 0 Å². The van der Waals surface area contributed by atoms with Crippen LogP contribution in [0.5, 0.6) is 0 Å². The van der Waals surface area contributed by atoms with E-state index < -0.39 is 0 Å². The molecule has 4 bridgehead atoms. The Bertz CT molecular complexity index is 854. The average Bonchev–Trinajstić information content (AvgIpc) is 3.05. The number of benzene rings is 1. The van der Waals surface area contributed by atoms with Gasteiger partial charge in [-0.05, 0) is 55.3 Å². The molecule has 178 valence electrons. The molecule has 0 atom stereocenters. The van der Waals surface area contributed by atoms with Gasteiger partial charge >= 0.3 is 38.5 Å². The first-order valence-corrected chi connectivity index (χ1v) is 16.8. The van der Waals surface area contributed by atoms with Crippen LogP contribution in [0.2, 0.25) is 13.1 Å². The Labute approximate surface area is 210 Å². The number of nitrogens with one attached hydrogen (secondary N) is 1. The molecule has 4 fully saturated rings. The summed E-state index contributed by atoms with van der Waals surface area (Å²) < 4.78 is 0. The van der Waals surface area contributed by atoms with Gasteiger partial charge in [0.15, 0.2) is 0 Å². The fourth-order valence-electron chi connectivity index (χ4n) is 7.04. The second-order valence-corrected chi connectivity index (χ2v) is 18.7. The Morgan fingerprint density at radius 3 is 1.78 bits per heavy atom. The van der Waals surface area contributed by atoms with Crippen LogP contribution >= 0.6 is 0 Å². The Morgan fingerprint density at radius 1 is 0.906 bits per heavy atom. The monoisotopic (exact) mass is 483 g/mol. The van der Waals surface area contributed by atoms with Crippen LogP contribution in [0.15, 0.2) is 24.3 Å². The minimum absolute atomic E-state index is 0. The van der Waals surface area contributed by atoms with E-state index in [-0.39, 0.29) is 26.6 Å². The van der Waals surface area contributed by atoms with E-state index in [1.807, 2.05) is 0 Å². The van der Waals surface area contributed by atoms with Gasteiger partial charge in [-0.15, -0.1) is 40.1 Å². The second-order valence-electron chi connectivity index (χ2n) is 12.0. The van der Waals surface area contributed by atoms with E-state index in [0.717, 1.165) is 17.8 Å². The maximum atomic E-state index is 8.21. The molecule has 2 aromatic carbocycles. The number of hydrogen-bond donors (Lipinski definition) is 0. The van der Waals surface area contributed by atoms with E-state index in [9.17, 15) is 0 Å². The molecule has 7 rings (SSSR count). The van der Waals surface area contributed by atoms with Gasteiger partial charge in [-0.2, -0.15) is 6.07 Å². The maximum Gasteiger partial charge on any atom is -0.0237 e. The SMILES string of the molecule is C[Si](C)=[Ti].Cc1cc2cc3c(cc2[cH-]1)CC(C)(C)C3.[CH3-].[CH3-].[NH-]C12CC3CC(CC(C3)C1)C2. The molecule has 2 aromatic rings. The molecule has 0 saturated heterocycles. The summed E-state index contributed by atoms with van der Waals surface area (Å²) in [6, 6.07) is 9.38. The second kappa shape index (κ2) is 10.5. The molecule has 32 heavy (non-hydrogen) atoms. The third kappa shape index (κ3) is 6.65. The van der Waals surface area contributed by atoms with Crippen LogP contribution in [-0.4, -0.2) is 11.7 Å². The van der Waals surface area contributed by atoms with E-state index in [1.165, 1.54) is 67.7 Å².